The Hall–Kier alpha value is -3.15. The normalized spacial score (nSPS) is 14.1. The monoisotopic (exact) mass is 519 g/mol. The van der Waals surface area contributed by atoms with Crippen LogP contribution in [-0.2, 0) is 14.8 Å². The minimum absolute atomic E-state index is 0.0597. The van der Waals surface area contributed by atoms with Crippen LogP contribution in [0, 0.1) is 0 Å². The van der Waals surface area contributed by atoms with Crippen LogP contribution in [0.4, 0.5) is 11.8 Å². The maximum absolute atomic E-state index is 13.2. The lowest BCUT2D eigenvalue weighted by molar-refractivity contribution is 0.122. The molecule has 0 amide bonds. The number of anilines is 2. The van der Waals surface area contributed by atoms with Crippen molar-refractivity contribution >= 4 is 33.4 Å². The largest absolute Gasteiger partial charge is 0.493 e. The third kappa shape index (κ3) is 5.75. The Morgan fingerprint density at radius 2 is 1.80 bits per heavy atom. The molecule has 0 saturated carbocycles. The summed E-state index contributed by atoms with van der Waals surface area (Å²) in [6, 6.07) is 10.1. The summed E-state index contributed by atoms with van der Waals surface area (Å²) in [4.78, 5) is 14.8. The van der Waals surface area contributed by atoms with Crippen molar-refractivity contribution in [3.05, 3.63) is 53.3 Å². The molecule has 10 nitrogen and oxygen atoms in total. The Kier molecular flexibility index (Phi) is 7.58. The molecule has 1 aliphatic rings. The minimum Gasteiger partial charge on any atom is -0.493 e. The van der Waals surface area contributed by atoms with Crippen LogP contribution in [-0.4, -0.2) is 56.8 Å². The zero-order valence-corrected chi connectivity index (χ0v) is 21.1. The van der Waals surface area contributed by atoms with Crippen molar-refractivity contribution in [2.24, 2.45) is 0 Å². The first kappa shape index (κ1) is 25.0. The van der Waals surface area contributed by atoms with Gasteiger partial charge in [-0.25, -0.2) is 4.98 Å². The van der Waals surface area contributed by atoms with Crippen LogP contribution in [0.25, 0.3) is 0 Å². The molecule has 1 saturated heterocycles. The van der Waals surface area contributed by atoms with E-state index in [1.54, 1.807) is 30.3 Å². The van der Waals surface area contributed by atoms with Crippen LogP contribution in [0.15, 0.2) is 47.6 Å². The van der Waals surface area contributed by atoms with Crippen molar-refractivity contribution in [2.75, 3.05) is 43.0 Å². The van der Waals surface area contributed by atoms with E-state index < -0.39 is 10.0 Å². The predicted octanol–water partition coefficient (Wildman–Crippen LogP) is 4.09. The number of morpholine rings is 1. The molecule has 0 unspecified atom stereocenters. The Morgan fingerprint density at radius 3 is 2.43 bits per heavy atom. The van der Waals surface area contributed by atoms with Crippen LogP contribution >= 0.6 is 11.6 Å². The third-order valence-electron chi connectivity index (χ3n) is 5.32. The van der Waals surface area contributed by atoms with Crippen molar-refractivity contribution in [3.63, 3.8) is 0 Å². The number of benzene rings is 1. The molecule has 0 bridgehead atoms. The van der Waals surface area contributed by atoms with Crippen LogP contribution in [0.5, 0.6) is 17.2 Å². The zero-order valence-electron chi connectivity index (χ0n) is 19.6. The van der Waals surface area contributed by atoms with Crippen LogP contribution in [0.3, 0.4) is 0 Å². The molecule has 0 spiro atoms. The lowest BCUT2D eigenvalue weighted by Gasteiger charge is -2.27. The highest BCUT2D eigenvalue weighted by Gasteiger charge is 2.26. The number of halogens is 1. The van der Waals surface area contributed by atoms with E-state index in [1.165, 1.54) is 19.4 Å². The van der Waals surface area contributed by atoms with Gasteiger partial charge in [0.05, 0.1) is 20.3 Å². The number of ether oxygens (including phenoxy) is 3. The standard InChI is InChI=1S/C23H26ClN5O5S/c1-15(2)16-8-9-19(25-14-16)35(30,31)28-22-20(34-18-7-5-4-6-17(18)32-3)21(24)26-23(27-22)29-10-12-33-13-11-29/h4-9,14-15H,10-13H2,1-3H3,(H,26,27,28). The molecule has 2 aromatic heterocycles. The van der Waals surface area contributed by atoms with Gasteiger partial charge in [-0.15, -0.1) is 0 Å². The summed E-state index contributed by atoms with van der Waals surface area (Å²) in [6.07, 6.45) is 1.54. The van der Waals surface area contributed by atoms with Gasteiger partial charge in [-0.2, -0.15) is 18.4 Å². The molecule has 4 rings (SSSR count). The van der Waals surface area contributed by atoms with Gasteiger partial charge in [0.15, 0.2) is 27.5 Å². The molecular formula is C23H26ClN5O5S. The topological polar surface area (TPSA) is 116 Å². The number of hydrogen-bond acceptors (Lipinski definition) is 9. The molecule has 12 heteroatoms. The van der Waals surface area contributed by atoms with Crippen LogP contribution in [0.2, 0.25) is 5.15 Å². The van der Waals surface area contributed by atoms with Crippen molar-refractivity contribution < 1.29 is 22.6 Å². The average molecular weight is 520 g/mol. The van der Waals surface area contributed by atoms with Gasteiger partial charge in [0.25, 0.3) is 10.0 Å². The highest BCUT2D eigenvalue weighted by atomic mass is 35.5. The van der Waals surface area contributed by atoms with Gasteiger partial charge in [0.1, 0.15) is 0 Å². The molecule has 35 heavy (non-hydrogen) atoms. The summed E-state index contributed by atoms with van der Waals surface area (Å²) >= 11 is 6.50. The lowest BCUT2D eigenvalue weighted by atomic mass is 10.1. The Bertz CT molecular complexity index is 1280. The van der Waals surface area contributed by atoms with E-state index in [-0.39, 0.29) is 33.6 Å². The summed E-state index contributed by atoms with van der Waals surface area (Å²) < 4.78 is 45.6. The maximum Gasteiger partial charge on any atom is 0.280 e. The molecule has 0 radical (unpaired) electrons. The van der Waals surface area contributed by atoms with Crippen molar-refractivity contribution in [1.29, 1.82) is 0 Å². The fraction of sp³-hybridized carbons (Fsp3) is 0.348. The molecule has 3 heterocycles. The van der Waals surface area contributed by atoms with Crippen molar-refractivity contribution in [2.45, 2.75) is 24.8 Å². The Morgan fingerprint density at radius 1 is 1.09 bits per heavy atom. The summed E-state index contributed by atoms with van der Waals surface area (Å²) in [7, 11) is -2.62. The quantitative estimate of drug-likeness (QED) is 0.439. The van der Waals surface area contributed by atoms with E-state index in [1.807, 2.05) is 18.7 Å². The number of sulfonamides is 1. The first-order chi connectivity index (χ1) is 16.8. The van der Waals surface area contributed by atoms with Crippen molar-refractivity contribution in [3.8, 4) is 17.2 Å². The van der Waals surface area contributed by atoms with E-state index in [9.17, 15) is 8.42 Å². The zero-order chi connectivity index (χ0) is 25.0. The highest BCUT2D eigenvalue weighted by Crippen LogP contribution is 2.40. The summed E-state index contributed by atoms with van der Waals surface area (Å²) in [6.45, 7) is 6.06. The van der Waals surface area contributed by atoms with Gasteiger partial charge in [-0.1, -0.05) is 43.6 Å². The SMILES string of the molecule is COc1ccccc1Oc1c(Cl)nc(N2CCOCC2)nc1NS(=O)(=O)c1ccc(C(C)C)cn1. The number of rotatable bonds is 8. The molecule has 1 fully saturated rings. The average Bonchev–Trinajstić information content (AvgIpc) is 2.86. The van der Waals surface area contributed by atoms with Gasteiger partial charge in [-0.3, -0.25) is 4.72 Å². The summed E-state index contributed by atoms with van der Waals surface area (Å²) in [5.74, 6) is 1.04. The van der Waals surface area contributed by atoms with Crippen LogP contribution in [0.1, 0.15) is 25.3 Å². The second-order valence-electron chi connectivity index (χ2n) is 8.03. The Labute approximate surface area is 209 Å². The van der Waals surface area contributed by atoms with Crippen LogP contribution < -0.4 is 19.1 Å². The van der Waals surface area contributed by atoms with Gasteiger partial charge in [0.2, 0.25) is 11.7 Å². The smallest absolute Gasteiger partial charge is 0.280 e. The van der Waals surface area contributed by atoms with E-state index >= 15 is 0 Å². The molecule has 1 aromatic carbocycles. The fourth-order valence-electron chi connectivity index (χ4n) is 3.36. The van der Waals surface area contributed by atoms with E-state index in [0.717, 1.165) is 5.56 Å². The van der Waals surface area contributed by atoms with Gasteiger partial charge < -0.3 is 19.1 Å². The molecule has 1 N–H and O–H groups in total. The number of pyridine rings is 1. The predicted molar refractivity (Wildman–Crippen MR) is 132 cm³/mol. The van der Waals surface area contributed by atoms with E-state index in [2.05, 4.69) is 19.7 Å². The fourth-order valence-corrected chi connectivity index (χ4v) is 4.50. The van der Waals surface area contributed by atoms with Gasteiger partial charge >= 0.3 is 0 Å². The molecule has 186 valence electrons. The second-order valence-corrected chi connectivity index (χ2v) is 10.0. The lowest BCUT2D eigenvalue weighted by Crippen LogP contribution is -2.37. The molecule has 0 atom stereocenters. The second kappa shape index (κ2) is 10.6. The summed E-state index contributed by atoms with van der Waals surface area (Å²) in [5, 5.41) is -0.221. The minimum atomic E-state index is -4.11. The molecule has 0 aliphatic carbocycles. The summed E-state index contributed by atoms with van der Waals surface area (Å²) in [5.41, 5.74) is 0.920. The Balaban J connectivity index is 1.75. The maximum atomic E-state index is 13.2. The molecular weight excluding hydrogens is 494 g/mol. The van der Waals surface area contributed by atoms with Gasteiger partial charge in [0, 0.05) is 19.3 Å². The van der Waals surface area contributed by atoms with E-state index in [0.29, 0.717) is 37.8 Å². The van der Waals surface area contributed by atoms with Gasteiger partial charge in [-0.05, 0) is 29.7 Å². The number of nitrogens with zero attached hydrogens (tertiary/aromatic N) is 4. The number of aromatic nitrogens is 3. The number of para-hydroxylation sites is 2. The molecule has 3 aromatic rings. The first-order valence-electron chi connectivity index (χ1n) is 11.0. The van der Waals surface area contributed by atoms with Crippen molar-refractivity contribution in [1.82, 2.24) is 15.0 Å². The highest BCUT2D eigenvalue weighted by molar-refractivity contribution is 7.92. The van der Waals surface area contributed by atoms with E-state index in [4.69, 9.17) is 25.8 Å². The number of nitrogens with one attached hydrogen (secondary N) is 1. The number of hydrogen-bond donors (Lipinski definition) is 1. The molecule has 1 aliphatic heterocycles. The first-order valence-corrected chi connectivity index (χ1v) is 12.8. The third-order valence-corrected chi connectivity index (χ3v) is 6.83. The number of methoxy groups -OCH3 is 1.